The molecule has 0 aliphatic rings. The molecule has 1 N–H and O–H groups in total. The number of H-pyrrole nitrogens is 1. The van der Waals surface area contributed by atoms with Crippen LogP contribution in [0.4, 0.5) is 0 Å². The summed E-state index contributed by atoms with van der Waals surface area (Å²) in [6.45, 7) is 1.95. The van der Waals surface area contributed by atoms with Crippen molar-refractivity contribution in [3.05, 3.63) is 52.1 Å². The predicted octanol–water partition coefficient (Wildman–Crippen LogP) is 2.26. The molecular formula is C14H14N4OS. The summed E-state index contributed by atoms with van der Waals surface area (Å²) in [5, 5.41) is 6.34. The Kier molecular flexibility index (Phi) is 3.31. The van der Waals surface area contributed by atoms with Gasteiger partial charge >= 0.3 is 0 Å². The number of fused-ring (bicyclic) bond motifs is 1. The van der Waals surface area contributed by atoms with Crippen LogP contribution in [0.1, 0.15) is 11.3 Å². The first-order valence-corrected chi connectivity index (χ1v) is 7.23. The van der Waals surface area contributed by atoms with E-state index in [2.05, 4.69) is 15.1 Å². The number of nitrogens with zero attached hydrogens (tertiary/aromatic N) is 3. The monoisotopic (exact) mass is 286 g/mol. The van der Waals surface area contributed by atoms with Gasteiger partial charge in [-0.15, -0.1) is 11.8 Å². The van der Waals surface area contributed by atoms with E-state index in [0.717, 1.165) is 27.3 Å². The van der Waals surface area contributed by atoms with Crippen molar-refractivity contribution < 1.29 is 0 Å². The number of aromatic amines is 1. The normalized spacial score (nSPS) is 11.1. The zero-order valence-corrected chi connectivity index (χ0v) is 12.1. The van der Waals surface area contributed by atoms with E-state index in [9.17, 15) is 4.79 Å². The average Bonchev–Trinajstić information content (AvgIpc) is 2.72. The van der Waals surface area contributed by atoms with Crippen LogP contribution in [0, 0.1) is 6.92 Å². The molecule has 0 spiro atoms. The van der Waals surface area contributed by atoms with Crippen LogP contribution in [-0.2, 0) is 12.8 Å². The zero-order valence-electron chi connectivity index (χ0n) is 11.3. The van der Waals surface area contributed by atoms with E-state index in [0.29, 0.717) is 5.75 Å². The van der Waals surface area contributed by atoms with E-state index in [-0.39, 0.29) is 5.56 Å². The molecule has 0 amide bonds. The summed E-state index contributed by atoms with van der Waals surface area (Å²) in [6.07, 6.45) is 1.77. The highest BCUT2D eigenvalue weighted by molar-refractivity contribution is 7.98. The molecule has 0 aliphatic carbocycles. The lowest BCUT2D eigenvalue weighted by Gasteiger charge is -2.03. The van der Waals surface area contributed by atoms with Gasteiger partial charge in [0.1, 0.15) is 5.65 Å². The summed E-state index contributed by atoms with van der Waals surface area (Å²) in [6, 6.07) is 7.46. The Labute approximate surface area is 120 Å². The molecule has 0 aliphatic heterocycles. The molecular weight excluding hydrogens is 272 g/mol. The van der Waals surface area contributed by atoms with Gasteiger partial charge < -0.3 is 4.98 Å². The fourth-order valence-corrected chi connectivity index (χ4v) is 3.11. The lowest BCUT2D eigenvalue weighted by molar-refractivity contribution is 0.772. The highest BCUT2D eigenvalue weighted by Gasteiger charge is 2.12. The first kappa shape index (κ1) is 12.9. The zero-order chi connectivity index (χ0) is 14.1. The molecule has 3 aromatic rings. The Morgan fingerprint density at radius 2 is 2.25 bits per heavy atom. The van der Waals surface area contributed by atoms with Gasteiger partial charge in [0.15, 0.2) is 0 Å². The lowest BCUT2D eigenvalue weighted by atomic mass is 10.2. The number of thioether (sulfide) groups is 1. The number of rotatable bonds is 3. The first-order chi connectivity index (χ1) is 9.65. The number of hydrogen-bond acceptors (Lipinski definition) is 4. The number of nitrogens with one attached hydrogen (secondary N) is 1. The van der Waals surface area contributed by atoms with Crippen LogP contribution in [0.15, 0.2) is 40.3 Å². The molecule has 102 valence electrons. The minimum Gasteiger partial charge on any atom is -0.307 e. The molecule has 0 bridgehead atoms. The first-order valence-electron chi connectivity index (χ1n) is 6.24. The quantitative estimate of drug-likeness (QED) is 0.750. The smallest absolute Gasteiger partial charge is 0.249 e. The molecule has 3 aromatic heterocycles. The Bertz CT molecular complexity index is 807. The molecule has 0 saturated carbocycles. The minimum absolute atomic E-state index is 0.0999. The molecule has 0 aromatic carbocycles. The molecule has 5 nitrogen and oxygen atoms in total. The Hall–Kier alpha value is -2.08. The van der Waals surface area contributed by atoms with Crippen LogP contribution < -0.4 is 5.56 Å². The second-order valence-electron chi connectivity index (χ2n) is 4.55. The summed E-state index contributed by atoms with van der Waals surface area (Å²) >= 11 is 1.61. The second kappa shape index (κ2) is 5.13. The van der Waals surface area contributed by atoms with E-state index in [1.54, 1.807) is 28.7 Å². The summed E-state index contributed by atoms with van der Waals surface area (Å²) in [5.41, 5.74) is 2.59. The minimum atomic E-state index is -0.0999. The third-order valence-corrected chi connectivity index (χ3v) is 4.10. The van der Waals surface area contributed by atoms with Gasteiger partial charge in [-0.25, -0.2) is 4.98 Å². The van der Waals surface area contributed by atoms with Crippen LogP contribution in [0.25, 0.3) is 11.0 Å². The summed E-state index contributed by atoms with van der Waals surface area (Å²) < 4.78 is 1.71. The van der Waals surface area contributed by atoms with E-state index in [4.69, 9.17) is 0 Å². The van der Waals surface area contributed by atoms with Crippen LogP contribution in [0.3, 0.4) is 0 Å². The fraction of sp³-hybridized carbons (Fsp3) is 0.214. The SMILES string of the molecule is Cc1nn(C)c2[nH]c(=O)cc(CSc3ccccn3)c12. The molecule has 0 fully saturated rings. The average molecular weight is 286 g/mol. The topological polar surface area (TPSA) is 63.6 Å². The van der Waals surface area contributed by atoms with E-state index >= 15 is 0 Å². The van der Waals surface area contributed by atoms with Crippen LogP contribution in [-0.4, -0.2) is 19.7 Å². The molecule has 6 heteroatoms. The maximum atomic E-state index is 11.8. The van der Waals surface area contributed by atoms with Crippen molar-refractivity contribution in [3.63, 3.8) is 0 Å². The van der Waals surface area contributed by atoms with E-state index < -0.39 is 0 Å². The van der Waals surface area contributed by atoms with Crippen LogP contribution in [0.2, 0.25) is 0 Å². The molecule has 3 rings (SSSR count). The Morgan fingerprint density at radius 1 is 1.40 bits per heavy atom. The molecule has 0 radical (unpaired) electrons. The largest absolute Gasteiger partial charge is 0.307 e. The molecule has 0 saturated heterocycles. The number of aromatic nitrogens is 4. The van der Waals surface area contributed by atoms with Gasteiger partial charge in [-0.3, -0.25) is 9.48 Å². The highest BCUT2D eigenvalue weighted by Crippen LogP contribution is 2.25. The van der Waals surface area contributed by atoms with Crippen molar-refractivity contribution >= 4 is 22.8 Å². The maximum absolute atomic E-state index is 11.8. The third-order valence-electron chi connectivity index (χ3n) is 3.10. The van der Waals surface area contributed by atoms with E-state index in [1.807, 2.05) is 32.2 Å². The van der Waals surface area contributed by atoms with Crippen molar-refractivity contribution in [1.29, 1.82) is 0 Å². The number of hydrogen-bond donors (Lipinski definition) is 1. The van der Waals surface area contributed by atoms with Crippen molar-refractivity contribution in [2.75, 3.05) is 0 Å². The Balaban J connectivity index is 2.01. The molecule has 20 heavy (non-hydrogen) atoms. The summed E-state index contributed by atoms with van der Waals surface area (Å²) in [5.74, 6) is 0.698. The van der Waals surface area contributed by atoms with E-state index in [1.165, 1.54) is 0 Å². The molecule has 0 atom stereocenters. The van der Waals surface area contributed by atoms with Gasteiger partial charge in [0.2, 0.25) is 5.56 Å². The standard InChI is InChI=1S/C14H14N4OS/c1-9-13-10(8-20-12-5-3-4-6-15-12)7-11(19)16-14(13)18(2)17-9/h3-7H,8H2,1-2H3,(H,16,19). The van der Waals surface area contributed by atoms with Gasteiger partial charge in [-0.1, -0.05) is 6.07 Å². The highest BCUT2D eigenvalue weighted by atomic mass is 32.2. The van der Waals surface area contributed by atoms with Crippen molar-refractivity contribution in [2.45, 2.75) is 17.7 Å². The summed E-state index contributed by atoms with van der Waals surface area (Å²) in [7, 11) is 1.83. The van der Waals surface area contributed by atoms with Crippen molar-refractivity contribution in [2.24, 2.45) is 7.05 Å². The molecule has 3 heterocycles. The predicted molar refractivity (Wildman–Crippen MR) is 79.9 cm³/mol. The van der Waals surface area contributed by atoms with Crippen molar-refractivity contribution in [3.8, 4) is 0 Å². The van der Waals surface area contributed by atoms with Gasteiger partial charge in [0.05, 0.1) is 10.7 Å². The Morgan fingerprint density at radius 3 is 3.00 bits per heavy atom. The van der Waals surface area contributed by atoms with Crippen LogP contribution >= 0.6 is 11.8 Å². The van der Waals surface area contributed by atoms with Gasteiger partial charge in [0, 0.05) is 30.4 Å². The maximum Gasteiger partial charge on any atom is 0.249 e. The third kappa shape index (κ3) is 2.34. The lowest BCUT2D eigenvalue weighted by Crippen LogP contribution is -2.07. The summed E-state index contributed by atoms with van der Waals surface area (Å²) in [4.78, 5) is 18.9. The van der Waals surface area contributed by atoms with Crippen LogP contribution in [0.5, 0.6) is 0 Å². The van der Waals surface area contributed by atoms with Gasteiger partial charge in [-0.2, -0.15) is 5.10 Å². The van der Waals surface area contributed by atoms with Gasteiger partial charge in [0.25, 0.3) is 0 Å². The van der Waals surface area contributed by atoms with Crippen molar-refractivity contribution in [1.82, 2.24) is 19.7 Å². The number of aryl methyl sites for hydroxylation is 2. The second-order valence-corrected chi connectivity index (χ2v) is 5.54. The number of pyridine rings is 2. The van der Waals surface area contributed by atoms with Gasteiger partial charge in [-0.05, 0) is 24.6 Å². The fourth-order valence-electron chi connectivity index (χ4n) is 2.27. The molecule has 0 unspecified atom stereocenters.